The van der Waals surface area contributed by atoms with Crippen LogP contribution in [0.15, 0.2) is 12.1 Å². The van der Waals surface area contributed by atoms with Gasteiger partial charge < -0.3 is 4.74 Å². The first-order chi connectivity index (χ1) is 6.61. The highest BCUT2D eigenvalue weighted by Crippen LogP contribution is 2.56. The van der Waals surface area contributed by atoms with Gasteiger partial charge in [-0.3, -0.25) is 4.79 Å². The summed E-state index contributed by atoms with van der Waals surface area (Å²) in [6.07, 6.45) is 0.872. The van der Waals surface area contributed by atoms with Gasteiger partial charge in [-0.2, -0.15) is 0 Å². The molecule has 0 bridgehead atoms. The molecular formula is C10H11ClO2S. The van der Waals surface area contributed by atoms with Gasteiger partial charge in [0.2, 0.25) is 0 Å². The molecule has 0 radical (unpaired) electrons. The number of hydrogen-bond donors (Lipinski definition) is 0. The molecule has 2 rings (SSSR count). The van der Waals surface area contributed by atoms with Crippen molar-refractivity contribution in [2.45, 2.75) is 18.8 Å². The number of halogens is 1. The average molecular weight is 231 g/mol. The summed E-state index contributed by atoms with van der Waals surface area (Å²) >= 11 is 7.33. The second kappa shape index (κ2) is 3.24. The lowest BCUT2D eigenvalue weighted by Gasteiger charge is -2.11. The maximum Gasteiger partial charge on any atom is 0.317 e. The molecule has 4 heteroatoms. The van der Waals surface area contributed by atoms with Crippen LogP contribution in [-0.2, 0) is 14.9 Å². The van der Waals surface area contributed by atoms with Gasteiger partial charge in [-0.1, -0.05) is 18.5 Å². The fourth-order valence-corrected chi connectivity index (χ4v) is 3.23. The van der Waals surface area contributed by atoms with Crippen molar-refractivity contribution in [3.63, 3.8) is 0 Å². The highest BCUT2D eigenvalue weighted by atomic mass is 35.5. The number of rotatable bonds is 2. The predicted molar refractivity (Wildman–Crippen MR) is 56.8 cm³/mol. The summed E-state index contributed by atoms with van der Waals surface area (Å²) in [6.45, 7) is 2.06. The largest absolute Gasteiger partial charge is 0.468 e. The smallest absolute Gasteiger partial charge is 0.317 e. The highest BCUT2D eigenvalue weighted by Gasteiger charge is 2.60. The molecular weight excluding hydrogens is 220 g/mol. The maximum atomic E-state index is 11.7. The van der Waals surface area contributed by atoms with E-state index < -0.39 is 5.41 Å². The molecule has 0 aliphatic heterocycles. The molecule has 0 saturated heterocycles. The van der Waals surface area contributed by atoms with Crippen molar-refractivity contribution in [3.05, 3.63) is 21.3 Å². The minimum atomic E-state index is -0.396. The van der Waals surface area contributed by atoms with Crippen LogP contribution in [0.3, 0.4) is 0 Å². The van der Waals surface area contributed by atoms with Crippen molar-refractivity contribution in [1.29, 1.82) is 0 Å². The molecule has 1 aliphatic carbocycles. The molecule has 2 nitrogen and oxygen atoms in total. The zero-order chi connectivity index (χ0) is 10.3. The molecule has 1 aromatic heterocycles. The normalized spacial score (nSPS) is 30.1. The molecule has 1 fully saturated rings. The van der Waals surface area contributed by atoms with Gasteiger partial charge in [0.05, 0.1) is 11.4 Å². The number of carbonyl (C=O) groups is 1. The van der Waals surface area contributed by atoms with E-state index >= 15 is 0 Å². The van der Waals surface area contributed by atoms with E-state index in [2.05, 4.69) is 6.92 Å². The van der Waals surface area contributed by atoms with Gasteiger partial charge in [0.15, 0.2) is 0 Å². The van der Waals surface area contributed by atoms with Gasteiger partial charge in [0.1, 0.15) is 5.41 Å². The number of carbonyl (C=O) groups excluding carboxylic acids is 1. The molecule has 0 N–H and O–H groups in total. The molecule has 1 aromatic rings. The van der Waals surface area contributed by atoms with E-state index in [1.165, 1.54) is 18.4 Å². The van der Waals surface area contributed by atoms with Crippen molar-refractivity contribution in [1.82, 2.24) is 0 Å². The zero-order valence-corrected chi connectivity index (χ0v) is 9.61. The summed E-state index contributed by atoms with van der Waals surface area (Å²) in [6, 6.07) is 3.75. The Bertz CT molecular complexity index is 374. The monoisotopic (exact) mass is 230 g/mol. The Balaban J connectivity index is 2.35. The lowest BCUT2D eigenvalue weighted by Crippen LogP contribution is -2.22. The summed E-state index contributed by atoms with van der Waals surface area (Å²) < 4.78 is 5.56. The fourth-order valence-electron chi connectivity index (χ4n) is 1.89. The Hall–Kier alpha value is -0.540. The molecule has 1 heterocycles. The van der Waals surface area contributed by atoms with E-state index in [1.54, 1.807) is 0 Å². The SMILES string of the molecule is COC(=O)C1(c2ccc(Cl)s2)CC1C. The minimum absolute atomic E-state index is 0.136. The summed E-state index contributed by atoms with van der Waals surface area (Å²) in [7, 11) is 1.43. The first-order valence-electron chi connectivity index (χ1n) is 4.45. The van der Waals surface area contributed by atoms with E-state index in [0.717, 1.165) is 15.6 Å². The van der Waals surface area contributed by atoms with Crippen molar-refractivity contribution in [2.75, 3.05) is 7.11 Å². The molecule has 1 aliphatic rings. The van der Waals surface area contributed by atoms with Gasteiger partial charge in [-0.25, -0.2) is 0 Å². The molecule has 0 amide bonds. The van der Waals surface area contributed by atoms with Crippen LogP contribution in [0.25, 0.3) is 0 Å². The summed E-state index contributed by atoms with van der Waals surface area (Å²) in [5.41, 5.74) is -0.396. The van der Waals surface area contributed by atoms with Crippen LogP contribution in [0.2, 0.25) is 4.34 Å². The van der Waals surface area contributed by atoms with E-state index in [-0.39, 0.29) is 5.97 Å². The van der Waals surface area contributed by atoms with Crippen molar-refractivity contribution >= 4 is 28.9 Å². The van der Waals surface area contributed by atoms with Gasteiger partial charge >= 0.3 is 5.97 Å². The number of methoxy groups -OCH3 is 1. The van der Waals surface area contributed by atoms with Gasteiger partial charge in [-0.15, -0.1) is 11.3 Å². The minimum Gasteiger partial charge on any atom is -0.468 e. The first kappa shape index (κ1) is 9.99. The van der Waals surface area contributed by atoms with Crippen molar-refractivity contribution in [2.24, 2.45) is 5.92 Å². The van der Waals surface area contributed by atoms with Gasteiger partial charge in [-0.05, 0) is 24.5 Å². The molecule has 2 atom stereocenters. The number of thiophene rings is 1. The van der Waals surface area contributed by atoms with Crippen molar-refractivity contribution in [3.8, 4) is 0 Å². The Morgan fingerprint density at radius 3 is 2.71 bits per heavy atom. The standard InChI is InChI=1S/C10H11ClO2S/c1-6-5-10(6,9(12)13-2)7-3-4-8(11)14-7/h3-4,6H,5H2,1-2H3. The average Bonchev–Trinajstić information content (AvgIpc) is 2.64. The quantitative estimate of drug-likeness (QED) is 0.731. The molecule has 1 saturated carbocycles. The molecule has 0 spiro atoms. The van der Waals surface area contributed by atoms with Crippen LogP contribution < -0.4 is 0 Å². The summed E-state index contributed by atoms with van der Waals surface area (Å²) in [5, 5.41) is 0. The lowest BCUT2D eigenvalue weighted by molar-refractivity contribution is -0.144. The fraction of sp³-hybridized carbons (Fsp3) is 0.500. The number of ether oxygens (including phenoxy) is 1. The van der Waals surface area contributed by atoms with Crippen LogP contribution >= 0.6 is 22.9 Å². The third-order valence-corrected chi connectivity index (χ3v) is 4.28. The Kier molecular flexibility index (Phi) is 2.32. The van der Waals surface area contributed by atoms with Crippen molar-refractivity contribution < 1.29 is 9.53 Å². The van der Waals surface area contributed by atoms with Crippen LogP contribution in [-0.4, -0.2) is 13.1 Å². The predicted octanol–water partition coefficient (Wildman–Crippen LogP) is 2.85. The van der Waals surface area contributed by atoms with E-state index in [9.17, 15) is 4.79 Å². The Morgan fingerprint density at radius 2 is 2.36 bits per heavy atom. The third kappa shape index (κ3) is 1.27. The molecule has 14 heavy (non-hydrogen) atoms. The van der Waals surface area contributed by atoms with E-state index in [0.29, 0.717) is 5.92 Å². The summed E-state index contributed by atoms with van der Waals surface area (Å²) in [4.78, 5) is 12.7. The number of esters is 1. The van der Waals surface area contributed by atoms with Crippen LogP contribution in [0.5, 0.6) is 0 Å². The second-order valence-electron chi connectivity index (χ2n) is 3.67. The maximum absolute atomic E-state index is 11.7. The van der Waals surface area contributed by atoms with Crippen LogP contribution in [0.1, 0.15) is 18.2 Å². The van der Waals surface area contributed by atoms with Gasteiger partial charge in [0, 0.05) is 4.88 Å². The Labute approximate surface area is 91.8 Å². The number of hydrogen-bond acceptors (Lipinski definition) is 3. The third-order valence-electron chi connectivity index (χ3n) is 2.87. The second-order valence-corrected chi connectivity index (χ2v) is 5.39. The van der Waals surface area contributed by atoms with E-state index in [4.69, 9.17) is 16.3 Å². The first-order valence-corrected chi connectivity index (χ1v) is 5.65. The topological polar surface area (TPSA) is 26.3 Å². The van der Waals surface area contributed by atoms with Gasteiger partial charge in [0.25, 0.3) is 0 Å². The van der Waals surface area contributed by atoms with E-state index in [1.807, 2.05) is 12.1 Å². The summed E-state index contributed by atoms with van der Waals surface area (Å²) in [5.74, 6) is 0.230. The molecule has 0 aromatic carbocycles. The molecule has 2 unspecified atom stereocenters. The zero-order valence-electron chi connectivity index (χ0n) is 8.04. The Morgan fingerprint density at radius 1 is 1.71 bits per heavy atom. The highest BCUT2D eigenvalue weighted by molar-refractivity contribution is 7.16. The lowest BCUT2D eigenvalue weighted by atomic mass is 10.0. The molecule has 76 valence electrons. The van der Waals surface area contributed by atoms with Crippen LogP contribution in [0.4, 0.5) is 0 Å². The van der Waals surface area contributed by atoms with Crippen LogP contribution in [0, 0.1) is 5.92 Å².